The van der Waals surface area contributed by atoms with Crippen molar-refractivity contribution in [1.82, 2.24) is 4.98 Å². The molecule has 1 aliphatic rings. The predicted octanol–water partition coefficient (Wildman–Crippen LogP) is 2.34. The second kappa shape index (κ2) is 5.01. The summed E-state index contributed by atoms with van der Waals surface area (Å²) in [7, 11) is -2.08. The van der Waals surface area contributed by atoms with Crippen molar-refractivity contribution in [2.45, 2.75) is 4.90 Å². The number of aromatic nitrogens is 1. The number of pyridine rings is 1. The van der Waals surface area contributed by atoms with Crippen LogP contribution in [0.3, 0.4) is 0 Å². The molecule has 1 aromatic heterocycles. The molecule has 1 aliphatic heterocycles. The first-order valence-corrected chi connectivity index (χ1v) is 7.84. The Hall–Kier alpha value is -2.12. The number of anilines is 2. The van der Waals surface area contributed by atoms with Gasteiger partial charge in [0.25, 0.3) is 10.0 Å². The first-order chi connectivity index (χ1) is 9.97. The smallest absolute Gasteiger partial charge is 0.287 e. The van der Waals surface area contributed by atoms with Gasteiger partial charge in [0.1, 0.15) is 4.90 Å². The molecule has 2 aromatic rings. The number of rotatable bonds is 1. The van der Waals surface area contributed by atoms with Crippen molar-refractivity contribution in [2.75, 3.05) is 17.3 Å². The van der Waals surface area contributed by atoms with Gasteiger partial charge in [0.05, 0.1) is 17.6 Å². The molecule has 0 amide bonds. The second-order valence-corrected chi connectivity index (χ2v) is 6.43. The average molecular weight is 323 g/mol. The van der Waals surface area contributed by atoms with Crippen LogP contribution in [0.25, 0.3) is 0 Å². The van der Waals surface area contributed by atoms with Crippen LogP contribution < -0.4 is 10.2 Å². The van der Waals surface area contributed by atoms with Gasteiger partial charge in [0.2, 0.25) is 5.96 Å². The molecule has 0 saturated carbocycles. The molecule has 8 heteroatoms. The Bertz CT molecular complexity index is 821. The van der Waals surface area contributed by atoms with Gasteiger partial charge in [-0.3, -0.25) is 4.98 Å². The van der Waals surface area contributed by atoms with Gasteiger partial charge in [-0.15, -0.1) is 4.40 Å². The molecule has 0 radical (unpaired) electrons. The Morgan fingerprint density at radius 3 is 2.81 bits per heavy atom. The average Bonchev–Trinajstić information content (AvgIpc) is 2.47. The summed E-state index contributed by atoms with van der Waals surface area (Å²) in [5.41, 5.74) is 1.16. The van der Waals surface area contributed by atoms with Gasteiger partial charge >= 0.3 is 0 Å². The summed E-state index contributed by atoms with van der Waals surface area (Å²) in [4.78, 5) is 5.68. The Balaban J connectivity index is 2.05. The molecular weight excluding hydrogens is 312 g/mol. The third-order valence-corrected chi connectivity index (χ3v) is 4.57. The monoisotopic (exact) mass is 322 g/mol. The fraction of sp³-hybridized carbons (Fsp3) is 0.0769. The first-order valence-electron chi connectivity index (χ1n) is 6.03. The van der Waals surface area contributed by atoms with E-state index in [-0.39, 0.29) is 10.9 Å². The maximum Gasteiger partial charge on any atom is 0.287 e. The van der Waals surface area contributed by atoms with Crippen LogP contribution in [0.2, 0.25) is 5.02 Å². The largest absolute Gasteiger partial charge is 0.324 e. The number of benzene rings is 1. The minimum atomic E-state index is -3.79. The van der Waals surface area contributed by atoms with E-state index in [0.29, 0.717) is 10.7 Å². The maximum absolute atomic E-state index is 12.2. The minimum absolute atomic E-state index is 0.0679. The lowest BCUT2D eigenvalue weighted by atomic mass is 10.3. The Morgan fingerprint density at radius 2 is 2.10 bits per heavy atom. The zero-order valence-corrected chi connectivity index (χ0v) is 12.6. The highest BCUT2D eigenvalue weighted by molar-refractivity contribution is 7.90. The minimum Gasteiger partial charge on any atom is -0.324 e. The van der Waals surface area contributed by atoms with E-state index in [0.717, 1.165) is 5.69 Å². The lowest BCUT2D eigenvalue weighted by Crippen LogP contribution is -2.36. The van der Waals surface area contributed by atoms with E-state index in [1.165, 1.54) is 6.07 Å². The first kappa shape index (κ1) is 13.8. The second-order valence-electron chi connectivity index (χ2n) is 4.43. The van der Waals surface area contributed by atoms with Crippen molar-refractivity contribution in [2.24, 2.45) is 4.40 Å². The number of hydrogen-bond donors (Lipinski definition) is 1. The van der Waals surface area contributed by atoms with Crippen LogP contribution in [-0.2, 0) is 10.0 Å². The molecule has 0 spiro atoms. The Morgan fingerprint density at radius 1 is 1.29 bits per heavy atom. The van der Waals surface area contributed by atoms with E-state index < -0.39 is 10.0 Å². The lowest BCUT2D eigenvalue weighted by molar-refractivity contribution is 0.597. The Kier molecular flexibility index (Phi) is 3.30. The summed E-state index contributed by atoms with van der Waals surface area (Å²) in [6.45, 7) is 0. The standard InChI is InChI=1S/C13H11ClN4O2S/c1-18(10-3-2-6-15-8-10)13-16-11-5-4-9(14)7-12(11)21(19,20)17-13/h2-8H,1H3,(H,16,17). The van der Waals surface area contributed by atoms with E-state index in [1.54, 1.807) is 48.6 Å². The molecule has 2 heterocycles. The van der Waals surface area contributed by atoms with Crippen LogP contribution in [-0.4, -0.2) is 26.4 Å². The van der Waals surface area contributed by atoms with Gasteiger partial charge in [-0.05, 0) is 30.3 Å². The molecule has 1 N–H and O–H groups in total. The van der Waals surface area contributed by atoms with E-state index in [4.69, 9.17) is 11.6 Å². The van der Waals surface area contributed by atoms with Gasteiger partial charge in [0.15, 0.2) is 0 Å². The number of nitrogens with zero attached hydrogens (tertiary/aromatic N) is 3. The molecule has 0 saturated heterocycles. The molecule has 0 aliphatic carbocycles. The summed E-state index contributed by atoms with van der Waals surface area (Å²) in [6, 6.07) is 8.18. The van der Waals surface area contributed by atoms with Crippen LogP contribution in [0, 0.1) is 0 Å². The SMILES string of the molecule is CN(C1=NS(=O)(=O)c2cc(Cl)ccc2N1)c1cccnc1. The number of guanidine groups is 1. The molecule has 6 nitrogen and oxygen atoms in total. The summed E-state index contributed by atoms with van der Waals surface area (Å²) in [5.74, 6) is 0.206. The summed E-state index contributed by atoms with van der Waals surface area (Å²) in [6.07, 6.45) is 3.26. The van der Waals surface area contributed by atoms with E-state index in [2.05, 4.69) is 14.7 Å². The highest BCUT2D eigenvalue weighted by Crippen LogP contribution is 2.30. The van der Waals surface area contributed by atoms with Crippen LogP contribution >= 0.6 is 11.6 Å². The number of nitrogens with one attached hydrogen (secondary N) is 1. The normalized spacial score (nSPS) is 15.6. The van der Waals surface area contributed by atoms with Crippen molar-refractivity contribution >= 4 is 39.0 Å². The third kappa shape index (κ3) is 2.57. The molecule has 0 bridgehead atoms. The topological polar surface area (TPSA) is 74.7 Å². The van der Waals surface area contributed by atoms with Crippen molar-refractivity contribution in [3.05, 3.63) is 47.7 Å². The molecule has 108 valence electrons. The third-order valence-electron chi connectivity index (χ3n) is 3.03. The number of halogens is 1. The zero-order valence-electron chi connectivity index (χ0n) is 11.0. The molecule has 3 rings (SSSR count). The van der Waals surface area contributed by atoms with E-state index in [9.17, 15) is 8.42 Å². The van der Waals surface area contributed by atoms with Gasteiger partial charge in [0, 0.05) is 18.3 Å². The van der Waals surface area contributed by atoms with Crippen molar-refractivity contribution in [3.63, 3.8) is 0 Å². The van der Waals surface area contributed by atoms with E-state index >= 15 is 0 Å². The molecule has 0 fully saturated rings. The van der Waals surface area contributed by atoms with Crippen molar-refractivity contribution in [3.8, 4) is 0 Å². The fourth-order valence-corrected chi connectivity index (χ4v) is 3.34. The summed E-state index contributed by atoms with van der Waals surface area (Å²) >= 11 is 5.84. The van der Waals surface area contributed by atoms with Gasteiger partial charge in [-0.2, -0.15) is 8.42 Å². The predicted molar refractivity (Wildman–Crippen MR) is 82.3 cm³/mol. The van der Waals surface area contributed by atoms with E-state index in [1.807, 2.05) is 0 Å². The van der Waals surface area contributed by atoms with Crippen LogP contribution in [0.4, 0.5) is 11.4 Å². The summed E-state index contributed by atoms with van der Waals surface area (Å²) < 4.78 is 28.3. The van der Waals surface area contributed by atoms with Gasteiger partial charge in [-0.25, -0.2) is 0 Å². The van der Waals surface area contributed by atoms with Crippen molar-refractivity contribution in [1.29, 1.82) is 0 Å². The summed E-state index contributed by atoms with van der Waals surface area (Å²) in [5, 5.41) is 3.33. The van der Waals surface area contributed by atoms with Crippen LogP contribution in [0.5, 0.6) is 0 Å². The van der Waals surface area contributed by atoms with Crippen molar-refractivity contribution < 1.29 is 8.42 Å². The lowest BCUT2D eigenvalue weighted by Gasteiger charge is -2.25. The molecule has 0 atom stereocenters. The van der Waals surface area contributed by atoms with Gasteiger partial charge in [-0.1, -0.05) is 11.6 Å². The highest BCUT2D eigenvalue weighted by Gasteiger charge is 2.27. The van der Waals surface area contributed by atoms with Gasteiger partial charge < -0.3 is 10.2 Å². The maximum atomic E-state index is 12.2. The number of sulfonamides is 1. The van der Waals surface area contributed by atoms with Crippen LogP contribution in [0.1, 0.15) is 0 Å². The Labute approximate surface area is 127 Å². The quantitative estimate of drug-likeness (QED) is 0.872. The molecule has 0 unspecified atom stereocenters. The number of fused-ring (bicyclic) bond motifs is 1. The fourth-order valence-electron chi connectivity index (χ4n) is 1.94. The molecule has 1 aromatic carbocycles. The zero-order chi connectivity index (χ0) is 15.0. The molecule has 21 heavy (non-hydrogen) atoms. The number of hydrogen-bond acceptors (Lipinski definition) is 5. The molecular formula is C13H11ClN4O2S. The highest BCUT2D eigenvalue weighted by atomic mass is 35.5. The van der Waals surface area contributed by atoms with Crippen LogP contribution in [0.15, 0.2) is 52.0 Å².